The van der Waals surface area contributed by atoms with Crippen LogP contribution in [0.3, 0.4) is 0 Å². The highest BCUT2D eigenvalue weighted by Gasteiger charge is 2.52. The smallest absolute Gasteiger partial charge is 0.495 e. The van der Waals surface area contributed by atoms with Crippen molar-refractivity contribution in [2.45, 2.75) is 92.0 Å². The molecule has 2 amide bonds. The Kier molecular flexibility index (Phi) is 27.8. The van der Waals surface area contributed by atoms with Crippen molar-refractivity contribution in [2.24, 2.45) is 21.1 Å². The summed E-state index contributed by atoms with van der Waals surface area (Å²) in [4.78, 5) is 71.3. The number of carbonyl (C=O) groups excluding carboxylic acids is 3. The fraction of sp³-hybridized carbons (Fsp3) is 0.455. The molecule has 5 aromatic rings. The number of aryl methyl sites for hydroxylation is 3. The Morgan fingerprint density at radius 3 is 1.30 bits per heavy atom. The zero-order valence-corrected chi connectivity index (χ0v) is 52.7. The van der Waals surface area contributed by atoms with Crippen molar-refractivity contribution in [1.82, 2.24) is 23.5 Å². The molecule has 434 valence electrons. The molecule has 0 radical (unpaired) electrons. The number of hydrogen-bond acceptors (Lipinski definition) is 15. The van der Waals surface area contributed by atoms with Gasteiger partial charge in [0.1, 0.15) is 34.4 Å². The SMILES string of the molecule is CCC(=O)Cl.CCC(=O)Nc1cc(-c2cc(OC)c(CN(C)C)c(OC)c2)cn(C)c1=O.CCC(=O)Nc1cc(Br)cn(C)c1=O.COc1cc(B2OC(C)(C)C(C)(C)O2)cc(OC)c1CN(C)C.Cn1cc(Br)cc(N)c1=O. The summed E-state index contributed by atoms with van der Waals surface area (Å²) in [6.45, 7) is 14.8. The van der Waals surface area contributed by atoms with Crippen LogP contribution in [0.5, 0.6) is 23.0 Å². The number of pyridine rings is 3. The maximum atomic E-state index is 12.3. The summed E-state index contributed by atoms with van der Waals surface area (Å²) in [5.41, 5.74) is 9.24. The van der Waals surface area contributed by atoms with E-state index in [1.807, 2.05) is 85.1 Å². The Labute approximate surface area is 486 Å². The summed E-state index contributed by atoms with van der Waals surface area (Å²) in [6, 6.07) is 12.6. The summed E-state index contributed by atoms with van der Waals surface area (Å²) in [5, 5.41) is 4.93. The molecule has 1 aliphatic rings. The molecule has 0 saturated carbocycles. The number of aromatic nitrogens is 3. The molecule has 24 heteroatoms. The van der Waals surface area contributed by atoms with Crippen LogP contribution in [0, 0.1) is 0 Å². The third-order valence-electron chi connectivity index (χ3n) is 12.0. The first-order chi connectivity index (χ1) is 36.8. The predicted molar refractivity (Wildman–Crippen MR) is 322 cm³/mol. The molecule has 1 aliphatic heterocycles. The van der Waals surface area contributed by atoms with Crippen LogP contribution in [0.25, 0.3) is 11.1 Å². The number of amides is 2. The van der Waals surface area contributed by atoms with Crippen molar-refractivity contribution < 1.29 is 42.6 Å². The first-order valence-corrected chi connectivity index (χ1v) is 26.9. The lowest BCUT2D eigenvalue weighted by Crippen LogP contribution is -2.41. The van der Waals surface area contributed by atoms with Crippen molar-refractivity contribution >= 4 is 90.2 Å². The molecular weight excluding hydrogens is 1170 g/mol. The summed E-state index contributed by atoms with van der Waals surface area (Å²) in [6.07, 6.45) is 6.12. The van der Waals surface area contributed by atoms with E-state index in [-0.39, 0.29) is 56.3 Å². The lowest BCUT2D eigenvalue weighted by atomic mass is 9.78. The fourth-order valence-electron chi connectivity index (χ4n) is 7.11. The van der Waals surface area contributed by atoms with E-state index in [2.05, 4.69) is 47.4 Å². The number of carbonyl (C=O) groups is 3. The number of halogens is 3. The number of nitrogens with zero attached hydrogens (tertiary/aromatic N) is 5. The quantitative estimate of drug-likeness (QED) is 0.0668. The van der Waals surface area contributed by atoms with Gasteiger partial charge in [-0.1, -0.05) is 20.8 Å². The number of hydrogen-bond donors (Lipinski definition) is 3. The molecule has 0 aliphatic carbocycles. The zero-order valence-electron chi connectivity index (χ0n) is 48.7. The van der Waals surface area contributed by atoms with Crippen LogP contribution in [0.2, 0.25) is 0 Å². The highest BCUT2D eigenvalue weighted by molar-refractivity contribution is 9.10. The summed E-state index contributed by atoms with van der Waals surface area (Å²) in [5.74, 6) is 2.59. The first-order valence-electron chi connectivity index (χ1n) is 25.0. The Morgan fingerprint density at radius 1 is 0.595 bits per heavy atom. The second-order valence-corrected chi connectivity index (χ2v) is 21.7. The maximum absolute atomic E-state index is 12.3. The van der Waals surface area contributed by atoms with Crippen molar-refractivity contribution in [3.05, 3.63) is 112 Å². The van der Waals surface area contributed by atoms with Crippen molar-refractivity contribution in [1.29, 1.82) is 0 Å². The van der Waals surface area contributed by atoms with Crippen LogP contribution >= 0.6 is 43.5 Å². The molecule has 4 heterocycles. The molecule has 0 unspecified atom stereocenters. The molecule has 6 rings (SSSR count). The van der Waals surface area contributed by atoms with Crippen molar-refractivity contribution in [2.75, 3.05) is 73.0 Å². The van der Waals surface area contributed by atoms with E-state index in [4.69, 9.17) is 45.6 Å². The Hall–Kier alpha value is -5.95. The lowest BCUT2D eigenvalue weighted by Gasteiger charge is -2.32. The van der Waals surface area contributed by atoms with Gasteiger partial charge in [0, 0.05) is 86.6 Å². The normalized spacial score (nSPS) is 12.8. The maximum Gasteiger partial charge on any atom is 0.495 e. The number of nitrogen functional groups attached to an aromatic ring is 1. The van der Waals surface area contributed by atoms with Crippen LogP contribution < -0.4 is 57.5 Å². The van der Waals surface area contributed by atoms with E-state index >= 15 is 0 Å². The number of benzene rings is 2. The molecule has 1 saturated heterocycles. The Morgan fingerprint density at radius 2 is 0.949 bits per heavy atom. The molecule has 0 atom stereocenters. The van der Waals surface area contributed by atoms with Crippen LogP contribution in [0.4, 0.5) is 17.1 Å². The number of methoxy groups -OCH3 is 4. The second-order valence-electron chi connectivity index (χ2n) is 19.4. The first kappa shape index (κ1) is 69.2. The van der Waals surface area contributed by atoms with Gasteiger partial charge in [-0.15, -0.1) is 0 Å². The van der Waals surface area contributed by atoms with Gasteiger partial charge in [-0.2, -0.15) is 0 Å². The third kappa shape index (κ3) is 20.6. The van der Waals surface area contributed by atoms with E-state index in [0.29, 0.717) is 43.0 Å². The number of nitrogens with two attached hydrogens (primary N) is 1. The fourth-order valence-corrected chi connectivity index (χ4v) is 8.20. The highest BCUT2D eigenvalue weighted by atomic mass is 79.9. The Balaban J connectivity index is 0.000000368. The number of anilines is 3. The monoisotopic (exact) mass is 1250 g/mol. The Bertz CT molecular complexity index is 2980. The molecule has 1 fully saturated rings. The van der Waals surface area contributed by atoms with Gasteiger partial charge in [-0.3, -0.25) is 28.8 Å². The topological polar surface area (TPSA) is 229 Å². The molecule has 79 heavy (non-hydrogen) atoms. The average Bonchev–Trinajstić information content (AvgIpc) is 3.61. The molecular formula is C55H78BBr2ClN8O12. The molecule has 2 aromatic carbocycles. The molecule has 0 bridgehead atoms. The molecule has 0 spiro atoms. The predicted octanol–water partition coefficient (Wildman–Crippen LogP) is 7.93. The molecule has 4 N–H and O–H groups in total. The van der Waals surface area contributed by atoms with Gasteiger partial charge in [0.05, 0.1) is 56.5 Å². The van der Waals surface area contributed by atoms with Crippen LogP contribution in [-0.2, 0) is 57.9 Å². The van der Waals surface area contributed by atoms with Gasteiger partial charge in [-0.05, 0) is 153 Å². The van der Waals surface area contributed by atoms with E-state index < -0.39 is 7.12 Å². The summed E-state index contributed by atoms with van der Waals surface area (Å²) in [7, 11) is 19.1. The van der Waals surface area contributed by atoms with E-state index in [9.17, 15) is 28.8 Å². The van der Waals surface area contributed by atoms with Crippen molar-refractivity contribution in [3.8, 4) is 34.1 Å². The number of ether oxygens (including phenoxy) is 4. The van der Waals surface area contributed by atoms with Gasteiger partial charge in [0.25, 0.3) is 16.7 Å². The van der Waals surface area contributed by atoms with Gasteiger partial charge in [0.15, 0.2) is 0 Å². The van der Waals surface area contributed by atoms with Gasteiger partial charge in [0.2, 0.25) is 17.1 Å². The third-order valence-corrected chi connectivity index (χ3v) is 13.2. The summed E-state index contributed by atoms with van der Waals surface area (Å²) >= 11 is 11.3. The average molecular weight is 1250 g/mol. The zero-order chi connectivity index (χ0) is 60.3. The minimum Gasteiger partial charge on any atom is -0.496 e. The highest BCUT2D eigenvalue weighted by Crippen LogP contribution is 2.39. The van der Waals surface area contributed by atoms with Gasteiger partial charge >= 0.3 is 7.12 Å². The van der Waals surface area contributed by atoms with E-state index in [0.717, 1.165) is 54.7 Å². The molecule has 20 nitrogen and oxygen atoms in total. The van der Waals surface area contributed by atoms with Crippen LogP contribution in [-0.4, -0.2) is 116 Å². The number of nitrogens with one attached hydrogen (secondary N) is 2. The second kappa shape index (κ2) is 31.7. The lowest BCUT2D eigenvalue weighted by molar-refractivity contribution is -0.116. The minimum atomic E-state index is -0.434. The van der Waals surface area contributed by atoms with E-state index in [1.54, 1.807) is 107 Å². The minimum absolute atomic E-state index is 0.164. The van der Waals surface area contributed by atoms with Gasteiger partial charge < -0.3 is 68.1 Å². The van der Waals surface area contributed by atoms with Crippen molar-refractivity contribution in [3.63, 3.8) is 0 Å². The molecule has 3 aromatic heterocycles. The largest absolute Gasteiger partial charge is 0.496 e. The standard InChI is InChI=1S/C20H27N3O4.C17H28BNO4.C9H11BrN2O2.C6H7BrN2O.C3H5ClO/c1-7-19(24)21-16-8-14(11-23(4)20(16)25)13-9-17(26-5)15(12-22(2)3)18(10-13)27-6;1-16(2)17(3,4)23-18(22-16)12-9-14(20-7)13(11-19(5)6)15(10-12)21-8;1-3-8(13)11-7-4-6(10)5-12(2)9(7)14;1-9-3-4(7)2-5(8)6(9)10;1-2-3(4)5/h8-11H,7,12H2,1-6H3,(H,21,24);9-10H,11H2,1-8H3;4-5H,3H2,1-2H3,(H,11,13);2-3H,8H2,1H3;2H2,1H3. The van der Waals surface area contributed by atoms with Crippen LogP contribution in [0.1, 0.15) is 78.9 Å². The number of rotatable bonds is 15. The van der Waals surface area contributed by atoms with Gasteiger partial charge in [-0.25, -0.2) is 0 Å². The summed E-state index contributed by atoms with van der Waals surface area (Å²) < 4.78 is 40.4. The van der Waals surface area contributed by atoms with E-state index in [1.165, 1.54) is 13.7 Å². The van der Waals surface area contributed by atoms with Crippen LogP contribution in [0.15, 0.2) is 84.4 Å².